The predicted molar refractivity (Wildman–Crippen MR) is 113 cm³/mol. The van der Waals surface area contributed by atoms with Crippen molar-refractivity contribution in [1.29, 1.82) is 0 Å². The molecular formula is C21H28N4O3. The third-order valence-corrected chi connectivity index (χ3v) is 4.87. The molecule has 0 aromatic heterocycles. The number of benzene rings is 2. The Kier molecular flexibility index (Phi) is 6.36. The van der Waals surface area contributed by atoms with Gasteiger partial charge in [-0.25, -0.2) is 0 Å². The summed E-state index contributed by atoms with van der Waals surface area (Å²) in [6, 6.07) is 13.8. The normalized spacial score (nSPS) is 19.3. The highest BCUT2D eigenvalue weighted by Gasteiger charge is 2.23. The molecule has 2 aromatic rings. The molecule has 7 nitrogen and oxygen atoms in total. The van der Waals surface area contributed by atoms with Crippen LogP contribution in [0.1, 0.15) is 19.4 Å². The van der Waals surface area contributed by atoms with Crippen molar-refractivity contribution in [3.05, 3.63) is 58.1 Å². The first kappa shape index (κ1) is 19.9. The van der Waals surface area contributed by atoms with Gasteiger partial charge in [0.25, 0.3) is 5.69 Å². The second-order valence-corrected chi connectivity index (χ2v) is 7.37. The van der Waals surface area contributed by atoms with Crippen molar-refractivity contribution in [2.45, 2.75) is 32.9 Å². The number of nitrogens with zero attached hydrogens (tertiary/aromatic N) is 2. The van der Waals surface area contributed by atoms with Crippen molar-refractivity contribution in [2.24, 2.45) is 0 Å². The minimum atomic E-state index is -0.350. The number of para-hydroxylation sites is 1. The van der Waals surface area contributed by atoms with Gasteiger partial charge >= 0.3 is 0 Å². The fourth-order valence-electron chi connectivity index (χ4n) is 3.62. The van der Waals surface area contributed by atoms with E-state index in [0.717, 1.165) is 30.1 Å². The van der Waals surface area contributed by atoms with Crippen molar-refractivity contribution in [3.63, 3.8) is 0 Å². The van der Waals surface area contributed by atoms with Gasteiger partial charge in [0.05, 0.1) is 4.92 Å². The first-order valence-electron chi connectivity index (χ1n) is 9.66. The van der Waals surface area contributed by atoms with Gasteiger partial charge in [0.15, 0.2) is 0 Å². The van der Waals surface area contributed by atoms with Crippen LogP contribution in [0.4, 0.5) is 17.1 Å². The van der Waals surface area contributed by atoms with Crippen LogP contribution in [0.15, 0.2) is 42.5 Å². The summed E-state index contributed by atoms with van der Waals surface area (Å²) in [7, 11) is 0. The van der Waals surface area contributed by atoms with Gasteiger partial charge in [-0.3, -0.25) is 10.1 Å². The van der Waals surface area contributed by atoms with E-state index in [1.807, 2.05) is 43.3 Å². The Hall–Kier alpha value is -2.80. The van der Waals surface area contributed by atoms with Crippen LogP contribution in [0.3, 0.4) is 0 Å². The largest absolute Gasteiger partial charge is 0.491 e. The number of nitrogens with one attached hydrogen (secondary N) is 2. The predicted octanol–water partition coefficient (Wildman–Crippen LogP) is 3.58. The number of hydrogen-bond acceptors (Lipinski definition) is 6. The van der Waals surface area contributed by atoms with E-state index in [1.165, 1.54) is 0 Å². The Bertz CT molecular complexity index is 817. The van der Waals surface area contributed by atoms with Gasteiger partial charge in [-0.05, 0) is 44.5 Å². The topological polar surface area (TPSA) is 79.7 Å². The van der Waals surface area contributed by atoms with Crippen LogP contribution < -0.4 is 20.3 Å². The van der Waals surface area contributed by atoms with E-state index in [0.29, 0.717) is 30.9 Å². The summed E-state index contributed by atoms with van der Waals surface area (Å²) in [6.45, 7) is 8.94. The molecule has 0 saturated carbocycles. The summed E-state index contributed by atoms with van der Waals surface area (Å²) in [6.07, 6.45) is 0. The highest BCUT2D eigenvalue weighted by molar-refractivity contribution is 5.69. The van der Waals surface area contributed by atoms with Crippen LogP contribution in [0, 0.1) is 17.0 Å². The van der Waals surface area contributed by atoms with Crippen molar-refractivity contribution in [3.8, 4) is 5.75 Å². The molecule has 2 atom stereocenters. The molecular weight excluding hydrogens is 356 g/mol. The lowest BCUT2D eigenvalue weighted by molar-refractivity contribution is -0.383. The number of piperazine rings is 1. The fraction of sp³-hybridized carbons (Fsp3) is 0.429. The molecule has 1 heterocycles. The van der Waals surface area contributed by atoms with E-state index in [4.69, 9.17) is 4.74 Å². The van der Waals surface area contributed by atoms with E-state index in [1.54, 1.807) is 6.07 Å². The molecule has 0 aliphatic carbocycles. The van der Waals surface area contributed by atoms with Crippen LogP contribution in [-0.2, 0) is 0 Å². The second kappa shape index (κ2) is 8.93. The maximum atomic E-state index is 11.4. The first-order chi connectivity index (χ1) is 13.4. The summed E-state index contributed by atoms with van der Waals surface area (Å²) >= 11 is 0. The van der Waals surface area contributed by atoms with Gasteiger partial charge in [-0.2, -0.15) is 0 Å². The number of aryl methyl sites for hydroxylation is 1. The lowest BCUT2D eigenvalue weighted by atomic mass is 10.1. The minimum absolute atomic E-state index is 0.0795. The Morgan fingerprint density at radius 2 is 1.93 bits per heavy atom. The molecule has 2 aromatic carbocycles. The Balaban J connectivity index is 1.68. The Labute approximate surface area is 165 Å². The third kappa shape index (κ3) is 4.92. The molecule has 1 aliphatic heterocycles. The number of nitro benzene ring substituents is 1. The summed E-state index contributed by atoms with van der Waals surface area (Å²) in [4.78, 5) is 13.3. The Morgan fingerprint density at radius 3 is 2.61 bits per heavy atom. The van der Waals surface area contributed by atoms with Crippen molar-refractivity contribution < 1.29 is 9.66 Å². The van der Waals surface area contributed by atoms with Crippen molar-refractivity contribution in [1.82, 2.24) is 5.32 Å². The molecule has 0 radical (unpaired) electrons. The molecule has 1 saturated heterocycles. The quantitative estimate of drug-likeness (QED) is 0.431. The van der Waals surface area contributed by atoms with E-state index < -0.39 is 0 Å². The first-order valence-corrected chi connectivity index (χ1v) is 9.66. The van der Waals surface area contributed by atoms with Gasteiger partial charge in [0.2, 0.25) is 0 Å². The number of nitro groups is 1. The lowest BCUT2D eigenvalue weighted by Crippen LogP contribution is -2.54. The number of hydrogen-bond donors (Lipinski definition) is 2. The molecule has 0 spiro atoms. The number of ether oxygens (including phenoxy) is 1. The zero-order chi connectivity index (χ0) is 20.1. The Morgan fingerprint density at radius 1 is 1.21 bits per heavy atom. The van der Waals surface area contributed by atoms with Crippen LogP contribution in [0.5, 0.6) is 5.75 Å². The van der Waals surface area contributed by atoms with E-state index in [9.17, 15) is 10.1 Å². The molecule has 3 rings (SSSR count). The van der Waals surface area contributed by atoms with Gasteiger partial charge in [0.1, 0.15) is 18.0 Å². The number of rotatable bonds is 7. The molecule has 0 amide bonds. The van der Waals surface area contributed by atoms with E-state index >= 15 is 0 Å². The summed E-state index contributed by atoms with van der Waals surface area (Å²) in [5.41, 5.74) is 2.66. The summed E-state index contributed by atoms with van der Waals surface area (Å²) < 4.78 is 5.78. The highest BCUT2D eigenvalue weighted by Crippen LogP contribution is 2.30. The monoisotopic (exact) mass is 384 g/mol. The zero-order valence-corrected chi connectivity index (χ0v) is 16.6. The van der Waals surface area contributed by atoms with E-state index in [2.05, 4.69) is 29.4 Å². The third-order valence-electron chi connectivity index (χ3n) is 4.87. The van der Waals surface area contributed by atoms with Crippen LogP contribution >= 0.6 is 0 Å². The van der Waals surface area contributed by atoms with Gasteiger partial charge in [-0.1, -0.05) is 18.2 Å². The molecule has 28 heavy (non-hydrogen) atoms. The van der Waals surface area contributed by atoms with Crippen LogP contribution in [-0.4, -0.2) is 43.2 Å². The van der Waals surface area contributed by atoms with Crippen molar-refractivity contribution in [2.75, 3.05) is 36.5 Å². The molecule has 2 N–H and O–H groups in total. The second-order valence-electron chi connectivity index (χ2n) is 7.37. The standard InChI is InChI=1S/C21H28N4O3/c1-15-6-4-5-7-21(15)28-11-10-22-19-12-18(8-9-20(19)25(26)27)24-13-16(2)23-17(3)14-24/h4-9,12,16-17,22-23H,10-11,13-14H2,1-3H3/t16-,17-/m1/s1. The lowest BCUT2D eigenvalue weighted by Gasteiger charge is -2.37. The van der Waals surface area contributed by atoms with Gasteiger partial charge < -0.3 is 20.3 Å². The smallest absolute Gasteiger partial charge is 0.292 e. The maximum absolute atomic E-state index is 11.4. The maximum Gasteiger partial charge on any atom is 0.292 e. The molecule has 0 unspecified atom stereocenters. The van der Waals surface area contributed by atoms with Gasteiger partial charge in [0, 0.05) is 43.5 Å². The van der Waals surface area contributed by atoms with Crippen LogP contribution in [0.2, 0.25) is 0 Å². The zero-order valence-electron chi connectivity index (χ0n) is 16.6. The fourth-order valence-corrected chi connectivity index (χ4v) is 3.62. The molecule has 1 aliphatic rings. The summed E-state index contributed by atoms with van der Waals surface area (Å²) in [5.74, 6) is 0.830. The SMILES string of the molecule is Cc1ccccc1OCCNc1cc(N2C[C@@H](C)N[C@H](C)C2)ccc1[N+](=O)[O-]. The minimum Gasteiger partial charge on any atom is -0.491 e. The van der Waals surface area contributed by atoms with Crippen LogP contribution in [0.25, 0.3) is 0 Å². The van der Waals surface area contributed by atoms with Crippen molar-refractivity contribution >= 4 is 17.1 Å². The average Bonchev–Trinajstić information content (AvgIpc) is 2.65. The van der Waals surface area contributed by atoms with Gasteiger partial charge in [-0.15, -0.1) is 0 Å². The molecule has 1 fully saturated rings. The molecule has 150 valence electrons. The molecule has 0 bridgehead atoms. The average molecular weight is 384 g/mol. The van der Waals surface area contributed by atoms with E-state index in [-0.39, 0.29) is 10.6 Å². The summed E-state index contributed by atoms with van der Waals surface area (Å²) in [5, 5.41) is 18.1. The molecule has 7 heteroatoms. The highest BCUT2D eigenvalue weighted by atomic mass is 16.6. The number of anilines is 2.